The molecule has 1 rings (SSSR count). The Bertz CT molecular complexity index is 75.3. The van der Waals surface area contributed by atoms with Gasteiger partial charge in [-0.1, -0.05) is 19.4 Å². The molecule has 0 unspecified atom stereocenters. The maximum atomic E-state index is 5.40. The molecule has 54 valence electrons. The predicted molar refractivity (Wildman–Crippen MR) is 33.5 cm³/mol. The second-order valence-electron chi connectivity index (χ2n) is 2.37. The van der Waals surface area contributed by atoms with Gasteiger partial charge in [0.25, 0.3) is 0 Å². The molecular formula is C7H13OW-. The first-order valence-electron chi connectivity index (χ1n) is 3.31. The number of rotatable bonds is 1. The Morgan fingerprint density at radius 3 is 2.44 bits per heavy atom. The van der Waals surface area contributed by atoms with Crippen LogP contribution in [-0.4, -0.2) is 12.2 Å². The molecule has 0 radical (unpaired) electrons. The minimum absolute atomic E-state index is 0. The van der Waals surface area contributed by atoms with Gasteiger partial charge in [0, 0.05) is 21.1 Å². The Morgan fingerprint density at radius 1 is 1.56 bits per heavy atom. The molecule has 0 aliphatic carbocycles. The number of hydrogen-bond donors (Lipinski definition) is 0. The Balaban J connectivity index is 0.000000640. The van der Waals surface area contributed by atoms with Gasteiger partial charge in [-0.25, -0.2) is 0 Å². The van der Waals surface area contributed by atoms with Crippen molar-refractivity contribution in [1.29, 1.82) is 0 Å². The van der Waals surface area contributed by atoms with Gasteiger partial charge in [0.15, 0.2) is 0 Å². The van der Waals surface area contributed by atoms with Gasteiger partial charge in [-0.2, -0.15) is 0 Å². The van der Waals surface area contributed by atoms with Crippen LogP contribution in [0.2, 0.25) is 0 Å². The van der Waals surface area contributed by atoms with E-state index in [1.165, 1.54) is 6.42 Å². The van der Waals surface area contributed by atoms with Crippen LogP contribution in [0.1, 0.15) is 26.2 Å². The van der Waals surface area contributed by atoms with Crippen LogP contribution in [0.4, 0.5) is 0 Å². The van der Waals surface area contributed by atoms with Gasteiger partial charge in [-0.3, -0.25) is 0 Å². The standard InChI is InChI=1S/C7H13O.W/c1-3-7-5-4-6(2)8-7;/h6-7H,2-5H2,1H3;/q-1;/t6-,7+;/m0./s1. The molecule has 1 heterocycles. The molecule has 2 heteroatoms. The SMILES string of the molecule is [CH2-][C@H]1CC[C@@H](CC)O1.[W]. The fourth-order valence-corrected chi connectivity index (χ4v) is 1.08. The van der Waals surface area contributed by atoms with Gasteiger partial charge in [0.1, 0.15) is 0 Å². The first-order valence-corrected chi connectivity index (χ1v) is 3.31. The molecule has 0 saturated carbocycles. The van der Waals surface area contributed by atoms with Gasteiger partial charge in [0.2, 0.25) is 0 Å². The molecule has 0 amide bonds. The number of ether oxygens (including phenoxy) is 1. The molecule has 9 heavy (non-hydrogen) atoms. The van der Waals surface area contributed by atoms with Crippen LogP contribution in [-0.2, 0) is 25.8 Å². The quantitative estimate of drug-likeness (QED) is 0.670. The van der Waals surface area contributed by atoms with Crippen LogP contribution < -0.4 is 0 Å². The summed E-state index contributed by atoms with van der Waals surface area (Å²) in [5, 5.41) is 0. The van der Waals surface area contributed by atoms with Crippen molar-refractivity contribution in [2.75, 3.05) is 0 Å². The van der Waals surface area contributed by atoms with E-state index >= 15 is 0 Å². The smallest absolute Gasteiger partial charge is 0.0540 e. The number of hydrogen-bond acceptors (Lipinski definition) is 1. The van der Waals surface area contributed by atoms with E-state index in [0.717, 1.165) is 12.8 Å². The maximum absolute atomic E-state index is 5.40. The Morgan fingerprint density at radius 2 is 2.22 bits per heavy atom. The van der Waals surface area contributed by atoms with E-state index in [0.29, 0.717) is 6.10 Å². The zero-order valence-corrected chi connectivity index (χ0v) is 8.73. The van der Waals surface area contributed by atoms with E-state index in [1.807, 2.05) is 0 Å². The van der Waals surface area contributed by atoms with E-state index in [-0.39, 0.29) is 27.2 Å². The van der Waals surface area contributed by atoms with Crippen molar-refractivity contribution >= 4 is 0 Å². The van der Waals surface area contributed by atoms with E-state index in [1.54, 1.807) is 0 Å². The van der Waals surface area contributed by atoms with Crippen molar-refractivity contribution in [1.82, 2.24) is 0 Å². The summed E-state index contributed by atoms with van der Waals surface area (Å²) in [7, 11) is 0. The molecule has 0 bridgehead atoms. The average molecular weight is 297 g/mol. The van der Waals surface area contributed by atoms with Crippen LogP contribution in [0, 0.1) is 6.92 Å². The molecule has 2 atom stereocenters. The third-order valence-electron chi connectivity index (χ3n) is 1.65. The molecule has 0 spiro atoms. The summed E-state index contributed by atoms with van der Waals surface area (Å²) in [6.45, 7) is 5.97. The molecule has 0 aromatic rings. The Kier molecular flexibility index (Phi) is 4.78. The van der Waals surface area contributed by atoms with Gasteiger partial charge in [0.05, 0.1) is 6.10 Å². The maximum Gasteiger partial charge on any atom is 0.0540 e. The molecule has 1 saturated heterocycles. The molecule has 1 nitrogen and oxygen atoms in total. The summed E-state index contributed by atoms with van der Waals surface area (Å²) in [6.07, 6.45) is 4.30. The predicted octanol–water partition coefficient (Wildman–Crippen LogP) is 1.78. The van der Waals surface area contributed by atoms with Crippen molar-refractivity contribution in [2.45, 2.75) is 38.4 Å². The topological polar surface area (TPSA) is 9.23 Å². The summed E-state index contributed by atoms with van der Waals surface area (Å²) < 4.78 is 5.40. The molecule has 0 aromatic heterocycles. The van der Waals surface area contributed by atoms with Gasteiger partial charge < -0.3 is 11.7 Å². The Labute approximate surface area is 71.4 Å². The normalized spacial score (nSPS) is 34.0. The van der Waals surface area contributed by atoms with Crippen molar-refractivity contribution < 1.29 is 25.8 Å². The first-order chi connectivity index (χ1) is 3.83. The fourth-order valence-electron chi connectivity index (χ4n) is 1.08. The minimum Gasteiger partial charge on any atom is -0.407 e. The average Bonchev–Trinajstić information content (AvgIpc) is 2.14. The van der Waals surface area contributed by atoms with Crippen LogP contribution in [0.5, 0.6) is 0 Å². The summed E-state index contributed by atoms with van der Waals surface area (Å²) in [6, 6.07) is 0. The van der Waals surface area contributed by atoms with Crippen molar-refractivity contribution in [2.24, 2.45) is 0 Å². The molecule has 0 aromatic carbocycles. The van der Waals surface area contributed by atoms with Crippen molar-refractivity contribution in [3.05, 3.63) is 6.92 Å². The summed E-state index contributed by atoms with van der Waals surface area (Å²) >= 11 is 0. The molecular weight excluding hydrogens is 284 g/mol. The van der Waals surface area contributed by atoms with Crippen molar-refractivity contribution in [3.63, 3.8) is 0 Å². The molecule has 1 aliphatic heterocycles. The third-order valence-corrected chi connectivity index (χ3v) is 1.65. The Hall–Kier alpha value is 0.648. The van der Waals surface area contributed by atoms with Gasteiger partial charge in [-0.15, -0.1) is 0 Å². The zero-order valence-electron chi connectivity index (χ0n) is 5.80. The molecule has 0 N–H and O–H groups in total. The van der Waals surface area contributed by atoms with Crippen LogP contribution >= 0.6 is 0 Å². The van der Waals surface area contributed by atoms with Crippen LogP contribution in [0.3, 0.4) is 0 Å². The third kappa shape index (κ3) is 2.82. The van der Waals surface area contributed by atoms with Gasteiger partial charge >= 0.3 is 0 Å². The minimum atomic E-state index is 0. The first kappa shape index (κ1) is 9.65. The van der Waals surface area contributed by atoms with E-state index in [4.69, 9.17) is 4.74 Å². The van der Waals surface area contributed by atoms with Crippen LogP contribution in [0.15, 0.2) is 0 Å². The molecule has 1 fully saturated rings. The summed E-state index contributed by atoms with van der Waals surface area (Å²) in [4.78, 5) is 0. The second-order valence-corrected chi connectivity index (χ2v) is 2.37. The summed E-state index contributed by atoms with van der Waals surface area (Å²) in [5.41, 5.74) is 0. The monoisotopic (exact) mass is 297 g/mol. The van der Waals surface area contributed by atoms with Gasteiger partial charge in [-0.05, 0) is 12.8 Å². The largest absolute Gasteiger partial charge is 0.407 e. The van der Waals surface area contributed by atoms with E-state index in [2.05, 4.69) is 13.8 Å². The second kappa shape index (κ2) is 4.46. The fraction of sp³-hybridized carbons (Fsp3) is 0.857. The molecule has 1 aliphatic rings. The summed E-state index contributed by atoms with van der Waals surface area (Å²) in [5.74, 6) is 0. The van der Waals surface area contributed by atoms with Crippen LogP contribution in [0.25, 0.3) is 0 Å². The van der Waals surface area contributed by atoms with E-state index in [9.17, 15) is 0 Å². The zero-order chi connectivity index (χ0) is 5.98. The van der Waals surface area contributed by atoms with E-state index < -0.39 is 0 Å². The van der Waals surface area contributed by atoms with Crippen molar-refractivity contribution in [3.8, 4) is 0 Å².